The Balaban J connectivity index is 0.000000181. The van der Waals surface area contributed by atoms with Crippen LogP contribution >= 0.6 is 0 Å². The highest BCUT2D eigenvalue weighted by molar-refractivity contribution is 5.20. The van der Waals surface area contributed by atoms with Gasteiger partial charge in [0.25, 0.3) is 0 Å². The summed E-state index contributed by atoms with van der Waals surface area (Å²) < 4.78 is 0. The van der Waals surface area contributed by atoms with Crippen LogP contribution in [0.1, 0.15) is 81.1 Å². The molecular weight excluding hydrogens is 384 g/mol. The van der Waals surface area contributed by atoms with Gasteiger partial charge in [0, 0.05) is 0 Å². The van der Waals surface area contributed by atoms with Gasteiger partial charge in [-0.15, -0.1) is 0 Å². The summed E-state index contributed by atoms with van der Waals surface area (Å²) in [4.78, 5) is 0. The zero-order valence-corrected chi connectivity index (χ0v) is 22.1. The van der Waals surface area contributed by atoms with Crippen molar-refractivity contribution >= 4 is 0 Å². The van der Waals surface area contributed by atoms with Gasteiger partial charge in [-0.3, -0.25) is 0 Å². The van der Waals surface area contributed by atoms with Gasteiger partial charge in [0.05, 0.1) is 0 Å². The summed E-state index contributed by atoms with van der Waals surface area (Å²) in [6.07, 6.45) is 25.0. The third kappa shape index (κ3) is 6.27. The Bertz CT molecular complexity index is 740. The first-order valence-electron chi connectivity index (χ1n) is 13.1. The van der Waals surface area contributed by atoms with Gasteiger partial charge in [-0.25, -0.2) is 0 Å². The molecule has 4 aliphatic carbocycles. The highest BCUT2D eigenvalue weighted by Crippen LogP contribution is 2.50. The molecule has 0 aromatic rings. The minimum absolute atomic E-state index is 0.786. The van der Waals surface area contributed by atoms with Crippen LogP contribution in [-0.4, -0.2) is 0 Å². The highest BCUT2D eigenvalue weighted by Gasteiger charge is 2.42. The number of fused-ring (bicyclic) bond motifs is 2. The summed E-state index contributed by atoms with van der Waals surface area (Å²) >= 11 is 0. The first-order valence-corrected chi connectivity index (χ1v) is 13.1. The van der Waals surface area contributed by atoms with Gasteiger partial charge in [-0.1, -0.05) is 70.9 Å². The average Bonchev–Trinajstić information content (AvgIpc) is 3.41. The van der Waals surface area contributed by atoms with E-state index >= 15 is 0 Å². The standard InChI is InChI=1S/2C16H24/c2*1-11(2)8-13-10-14(9-12(3)4)16-7-5-6-15(13)16/h2*5-6,8-9,13-16H,7,10H2,1-4H3. The molecule has 0 aliphatic heterocycles. The lowest BCUT2D eigenvalue weighted by atomic mass is 9.88. The Morgan fingerprint density at radius 2 is 0.812 bits per heavy atom. The molecule has 0 saturated heterocycles. The average molecular weight is 433 g/mol. The van der Waals surface area contributed by atoms with Crippen molar-refractivity contribution in [3.63, 3.8) is 0 Å². The van der Waals surface area contributed by atoms with Crippen LogP contribution in [0, 0.1) is 47.3 Å². The van der Waals surface area contributed by atoms with Gasteiger partial charge in [-0.2, -0.15) is 0 Å². The second kappa shape index (κ2) is 11.0. The largest absolute Gasteiger partial charge is 0.0879 e. The lowest BCUT2D eigenvalue weighted by molar-refractivity contribution is 0.412. The fourth-order valence-electron chi connectivity index (χ4n) is 6.97. The fraction of sp³-hybridized carbons (Fsp3) is 0.625. The Morgan fingerprint density at radius 1 is 0.500 bits per heavy atom. The molecule has 0 radical (unpaired) electrons. The van der Waals surface area contributed by atoms with E-state index in [-0.39, 0.29) is 0 Å². The lowest BCUT2D eigenvalue weighted by Crippen LogP contribution is -2.09. The third-order valence-corrected chi connectivity index (χ3v) is 7.89. The van der Waals surface area contributed by atoms with Crippen molar-refractivity contribution in [1.82, 2.24) is 0 Å². The molecule has 176 valence electrons. The van der Waals surface area contributed by atoms with Crippen LogP contribution in [-0.2, 0) is 0 Å². The van der Waals surface area contributed by atoms with Crippen LogP contribution in [0.3, 0.4) is 0 Å². The Kier molecular flexibility index (Phi) is 8.65. The van der Waals surface area contributed by atoms with Gasteiger partial charge < -0.3 is 0 Å². The maximum atomic E-state index is 2.50. The molecule has 2 saturated carbocycles. The van der Waals surface area contributed by atoms with Crippen molar-refractivity contribution < 1.29 is 0 Å². The third-order valence-electron chi connectivity index (χ3n) is 7.89. The van der Waals surface area contributed by atoms with Crippen LogP contribution in [0.5, 0.6) is 0 Å². The molecule has 8 atom stereocenters. The van der Waals surface area contributed by atoms with Crippen LogP contribution in [0.2, 0.25) is 0 Å². The van der Waals surface area contributed by atoms with E-state index in [1.54, 1.807) is 0 Å². The van der Waals surface area contributed by atoms with Crippen molar-refractivity contribution in [2.24, 2.45) is 47.3 Å². The molecule has 4 aliphatic rings. The number of allylic oxidation sites excluding steroid dienone is 12. The van der Waals surface area contributed by atoms with Crippen molar-refractivity contribution in [2.75, 3.05) is 0 Å². The second-order valence-corrected chi connectivity index (χ2v) is 11.9. The van der Waals surface area contributed by atoms with Crippen molar-refractivity contribution in [3.8, 4) is 0 Å². The zero-order valence-electron chi connectivity index (χ0n) is 22.1. The normalized spacial score (nSPS) is 36.0. The van der Waals surface area contributed by atoms with Crippen molar-refractivity contribution in [3.05, 3.63) is 70.9 Å². The highest BCUT2D eigenvalue weighted by atomic mass is 14.5. The maximum absolute atomic E-state index is 2.50. The van der Waals surface area contributed by atoms with E-state index in [0.717, 1.165) is 47.3 Å². The van der Waals surface area contributed by atoms with E-state index < -0.39 is 0 Å². The molecule has 0 heterocycles. The van der Waals surface area contributed by atoms with E-state index in [4.69, 9.17) is 0 Å². The van der Waals surface area contributed by atoms with E-state index in [1.165, 1.54) is 48.0 Å². The van der Waals surface area contributed by atoms with Crippen molar-refractivity contribution in [1.29, 1.82) is 0 Å². The van der Waals surface area contributed by atoms with Crippen molar-refractivity contribution in [2.45, 2.75) is 81.1 Å². The first-order chi connectivity index (χ1) is 15.2. The molecule has 2 fully saturated rings. The van der Waals surface area contributed by atoms with Crippen LogP contribution < -0.4 is 0 Å². The smallest absolute Gasteiger partial charge is 0.0133 e. The van der Waals surface area contributed by atoms with Gasteiger partial charge in [0.15, 0.2) is 0 Å². The molecule has 0 heteroatoms. The Hall–Kier alpha value is -1.56. The maximum Gasteiger partial charge on any atom is -0.0133 e. The predicted octanol–water partition coefficient (Wildman–Crippen LogP) is 9.49. The lowest BCUT2D eigenvalue weighted by Gasteiger charge is -2.16. The molecule has 4 rings (SSSR count). The summed E-state index contributed by atoms with van der Waals surface area (Å²) in [6, 6.07) is 0. The number of hydrogen-bond acceptors (Lipinski definition) is 0. The molecular formula is C32H48. The molecule has 8 unspecified atom stereocenters. The quantitative estimate of drug-likeness (QED) is 0.388. The molecule has 0 amide bonds. The van der Waals surface area contributed by atoms with E-state index in [1.807, 2.05) is 0 Å². The van der Waals surface area contributed by atoms with Crippen LogP contribution in [0.4, 0.5) is 0 Å². The number of rotatable bonds is 4. The van der Waals surface area contributed by atoms with E-state index in [0.29, 0.717) is 0 Å². The van der Waals surface area contributed by atoms with E-state index in [9.17, 15) is 0 Å². The van der Waals surface area contributed by atoms with Gasteiger partial charge in [0.2, 0.25) is 0 Å². The molecule has 0 bridgehead atoms. The first kappa shape index (κ1) is 25.1. The summed E-state index contributed by atoms with van der Waals surface area (Å²) in [7, 11) is 0. The molecule has 0 spiro atoms. The molecule has 0 aromatic carbocycles. The fourth-order valence-corrected chi connectivity index (χ4v) is 6.97. The minimum atomic E-state index is 0.786. The summed E-state index contributed by atoms with van der Waals surface area (Å²) in [5, 5.41) is 0. The monoisotopic (exact) mass is 432 g/mol. The van der Waals surface area contributed by atoms with Crippen LogP contribution in [0.15, 0.2) is 70.9 Å². The zero-order chi connectivity index (χ0) is 23.4. The minimum Gasteiger partial charge on any atom is -0.0879 e. The van der Waals surface area contributed by atoms with Gasteiger partial charge in [-0.05, 0) is 128 Å². The SMILES string of the molecule is CC(C)=CC1CC(C=C(C)C)C2CC=CC12.CC(C)=CC1CC(C=C(C)C)C2CC=CC12. The van der Waals surface area contributed by atoms with E-state index in [2.05, 4.69) is 104 Å². The topological polar surface area (TPSA) is 0 Å². The summed E-state index contributed by atoms with van der Waals surface area (Å²) in [5.74, 6) is 6.59. The van der Waals surface area contributed by atoms with Gasteiger partial charge in [0.1, 0.15) is 0 Å². The molecule has 32 heavy (non-hydrogen) atoms. The predicted molar refractivity (Wildman–Crippen MR) is 142 cm³/mol. The molecule has 0 N–H and O–H groups in total. The molecule has 0 nitrogen and oxygen atoms in total. The Labute approximate surface area is 199 Å². The van der Waals surface area contributed by atoms with Crippen LogP contribution in [0.25, 0.3) is 0 Å². The summed E-state index contributed by atoms with van der Waals surface area (Å²) in [6.45, 7) is 17.8. The summed E-state index contributed by atoms with van der Waals surface area (Å²) in [5.41, 5.74) is 5.91. The molecule has 0 aromatic heterocycles. The van der Waals surface area contributed by atoms with Gasteiger partial charge >= 0.3 is 0 Å². The number of hydrogen-bond donors (Lipinski definition) is 0. The Morgan fingerprint density at radius 3 is 1.12 bits per heavy atom. The second-order valence-electron chi connectivity index (χ2n) is 11.9.